The van der Waals surface area contributed by atoms with Crippen LogP contribution in [0.5, 0.6) is 0 Å². The van der Waals surface area contributed by atoms with Crippen molar-refractivity contribution < 1.29 is 24.2 Å². The SMILES string of the molecule is C=C1C=CC=CC1[CH]=[Zr+2]. The van der Waals surface area contributed by atoms with Crippen LogP contribution in [0.15, 0.2) is 36.5 Å². The molecular weight excluding hydrogens is 187 g/mol. The van der Waals surface area contributed by atoms with Gasteiger partial charge >= 0.3 is 70.3 Å². The molecule has 0 aromatic rings. The zero-order valence-corrected chi connectivity index (χ0v) is 7.63. The van der Waals surface area contributed by atoms with Crippen molar-refractivity contribution in [1.82, 2.24) is 0 Å². The van der Waals surface area contributed by atoms with Gasteiger partial charge in [0.05, 0.1) is 0 Å². The van der Waals surface area contributed by atoms with Crippen LogP contribution in [0.4, 0.5) is 0 Å². The van der Waals surface area contributed by atoms with E-state index >= 15 is 0 Å². The summed E-state index contributed by atoms with van der Waals surface area (Å²) in [4.78, 5) is 0. The topological polar surface area (TPSA) is 0 Å². The van der Waals surface area contributed by atoms with Gasteiger partial charge in [-0.2, -0.15) is 0 Å². The predicted molar refractivity (Wildman–Crippen MR) is 37.0 cm³/mol. The first-order chi connectivity index (χ1) is 4.34. The molecule has 0 aromatic heterocycles. The van der Waals surface area contributed by atoms with Gasteiger partial charge in [-0.25, -0.2) is 0 Å². The average molecular weight is 195 g/mol. The van der Waals surface area contributed by atoms with E-state index in [0.29, 0.717) is 5.92 Å². The van der Waals surface area contributed by atoms with Gasteiger partial charge in [0, 0.05) is 0 Å². The molecule has 1 aliphatic rings. The maximum absolute atomic E-state index is 3.91. The van der Waals surface area contributed by atoms with Crippen LogP contribution in [0, 0.1) is 5.92 Å². The zero-order chi connectivity index (χ0) is 6.69. The molecule has 1 atom stereocenters. The normalized spacial score (nSPS) is 24.7. The minimum atomic E-state index is 0.508. The van der Waals surface area contributed by atoms with Crippen molar-refractivity contribution in [3.05, 3.63) is 36.5 Å². The first-order valence-corrected chi connectivity index (χ1v) is 4.31. The molecule has 42 valence electrons. The molecule has 0 aromatic carbocycles. The van der Waals surface area contributed by atoms with E-state index in [4.69, 9.17) is 0 Å². The molecule has 0 saturated heterocycles. The molecule has 1 rings (SSSR count). The monoisotopic (exact) mass is 194 g/mol. The van der Waals surface area contributed by atoms with Crippen molar-refractivity contribution in [2.45, 2.75) is 0 Å². The average Bonchev–Trinajstić information content (AvgIpc) is 1.89. The molecule has 0 N–H and O–H groups in total. The van der Waals surface area contributed by atoms with Crippen LogP contribution in [-0.2, 0) is 24.2 Å². The Morgan fingerprint density at radius 2 is 2.33 bits per heavy atom. The number of hydrogen-bond donors (Lipinski definition) is 0. The molecule has 0 spiro atoms. The summed E-state index contributed by atoms with van der Waals surface area (Å²) in [6.07, 6.45) is 8.32. The van der Waals surface area contributed by atoms with Crippen LogP contribution < -0.4 is 0 Å². The van der Waals surface area contributed by atoms with Crippen molar-refractivity contribution >= 4 is 3.71 Å². The van der Waals surface area contributed by atoms with Crippen LogP contribution >= 0.6 is 0 Å². The Bertz CT molecular complexity index is 187. The van der Waals surface area contributed by atoms with Gasteiger partial charge in [-0.05, 0) is 0 Å². The van der Waals surface area contributed by atoms with E-state index in [1.807, 2.05) is 6.08 Å². The maximum atomic E-state index is 3.91. The second kappa shape index (κ2) is 3.22. The van der Waals surface area contributed by atoms with Gasteiger partial charge in [0.1, 0.15) is 0 Å². The molecule has 0 fully saturated rings. The molecule has 0 bridgehead atoms. The van der Waals surface area contributed by atoms with Crippen LogP contribution in [0.2, 0.25) is 0 Å². The first kappa shape index (κ1) is 7.08. The third-order valence-electron chi connectivity index (χ3n) is 1.35. The van der Waals surface area contributed by atoms with Crippen LogP contribution in [0.3, 0.4) is 0 Å². The molecule has 9 heavy (non-hydrogen) atoms. The number of rotatable bonds is 1. The zero-order valence-electron chi connectivity index (χ0n) is 5.17. The summed E-state index contributed by atoms with van der Waals surface area (Å²) >= 11 is 1.47. The predicted octanol–water partition coefficient (Wildman–Crippen LogP) is 1.63. The van der Waals surface area contributed by atoms with Gasteiger partial charge in [-0.3, -0.25) is 0 Å². The van der Waals surface area contributed by atoms with E-state index in [1.165, 1.54) is 29.8 Å². The van der Waals surface area contributed by atoms with E-state index in [1.54, 1.807) is 0 Å². The minimum absolute atomic E-state index is 0.508. The molecule has 1 unspecified atom stereocenters. The Labute approximate surface area is 70.3 Å². The third-order valence-corrected chi connectivity index (χ3v) is 2.23. The fourth-order valence-corrected chi connectivity index (χ4v) is 1.56. The Morgan fingerprint density at radius 3 is 2.78 bits per heavy atom. The van der Waals surface area contributed by atoms with Crippen LogP contribution in [0.1, 0.15) is 0 Å². The summed E-state index contributed by atoms with van der Waals surface area (Å²) in [5, 5.41) is 0. The van der Waals surface area contributed by atoms with Gasteiger partial charge < -0.3 is 0 Å². The van der Waals surface area contributed by atoms with Crippen molar-refractivity contribution in [3.8, 4) is 0 Å². The summed E-state index contributed by atoms with van der Waals surface area (Å²) < 4.78 is 2.23. The van der Waals surface area contributed by atoms with E-state index in [0.717, 1.165) is 0 Å². The molecule has 1 heteroatoms. The van der Waals surface area contributed by atoms with Gasteiger partial charge in [0.25, 0.3) is 0 Å². The summed E-state index contributed by atoms with van der Waals surface area (Å²) in [7, 11) is 0. The van der Waals surface area contributed by atoms with Crippen LogP contribution in [-0.4, -0.2) is 3.71 Å². The van der Waals surface area contributed by atoms with Gasteiger partial charge in [-0.1, -0.05) is 0 Å². The summed E-state index contributed by atoms with van der Waals surface area (Å²) in [6, 6.07) is 0. The van der Waals surface area contributed by atoms with E-state index in [-0.39, 0.29) is 0 Å². The van der Waals surface area contributed by atoms with Crippen LogP contribution in [0.25, 0.3) is 0 Å². The Hall–Kier alpha value is -0.0269. The molecule has 0 radical (unpaired) electrons. The van der Waals surface area contributed by atoms with Crippen molar-refractivity contribution in [1.29, 1.82) is 0 Å². The molecule has 0 heterocycles. The standard InChI is InChI=1S/C8H8.Zr/c1-7-5-3-4-6-8(7)2;/h1,3-7H,2H2;/q;+2. The van der Waals surface area contributed by atoms with Crippen molar-refractivity contribution in [3.63, 3.8) is 0 Å². The molecule has 0 nitrogen and oxygen atoms in total. The molecule has 0 amide bonds. The van der Waals surface area contributed by atoms with E-state index in [2.05, 4.69) is 28.5 Å². The molecular formula is C8H8Zr+2. The Morgan fingerprint density at radius 1 is 1.56 bits per heavy atom. The Balaban J connectivity index is 2.77. The van der Waals surface area contributed by atoms with E-state index in [9.17, 15) is 0 Å². The van der Waals surface area contributed by atoms with E-state index < -0.39 is 0 Å². The summed E-state index contributed by atoms with van der Waals surface area (Å²) in [5.74, 6) is 0.508. The molecule has 0 saturated carbocycles. The second-order valence-corrected chi connectivity index (χ2v) is 2.83. The molecule has 0 aliphatic heterocycles. The first-order valence-electron chi connectivity index (χ1n) is 2.89. The van der Waals surface area contributed by atoms with Gasteiger partial charge in [0.2, 0.25) is 0 Å². The Kier molecular flexibility index (Phi) is 2.53. The van der Waals surface area contributed by atoms with Crippen molar-refractivity contribution in [2.24, 2.45) is 5.92 Å². The fraction of sp³-hybridized carbons (Fsp3) is 0.125. The fourth-order valence-electron chi connectivity index (χ4n) is 0.760. The van der Waals surface area contributed by atoms with Gasteiger partial charge in [0.15, 0.2) is 0 Å². The third kappa shape index (κ3) is 1.69. The number of allylic oxidation sites excluding steroid dienone is 5. The molecule has 1 aliphatic carbocycles. The quantitative estimate of drug-likeness (QED) is 0.597. The summed E-state index contributed by atoms with van der Waals surface area (Å²) in [6.45, 7) is 3.91. The second-order valence-electron chi connectivity index (χ2n) is 2.01. The van der Waals surface area contributed by atoms with Gasteiger partial charge in [-0.15, -0.1) is 0 Å². The number of hydrogen-bond acceptors (Lipinski definition) is 0. The van der Waals surface area contributed by atoms with Crippen molar-refractivity contribution in [2.75, 3.05) is 0 Å². The summed E-state index contributed by atoms with van der Waals surface area (Å²) in [5.41, 5.74) is 1.20.